The number of rotatable bonds is 2. The Morgan fingerprint density at radius 1 is 1.56 bits per heavy atom. The van der Waals surface area contributed by atoms with Crippen molar-refractivity contribution in [3.8, 4) is 0 Å². The van der Waals surface area contributed by atoms with Gasteiger partial charge in [-0.05, 0) is 31.7 Å². The van der Waals surface area contributed by atoms with Crippen LogP contribution < -0.4 is 11.3 Å². The van der Waals surface area contributed by atoms with E-state index in [9.17, 15) is 9.59 Å². The molecular weight excluding hydrogens is 230 g/mol. The molecule has 1 aromatic heterocycles. The molecule has 0 saturated carbocycles. The lowest BCUT2D eigenvalue weighted by molar-refractivity contribution is 0.0660. The Labute approximate surface area is 106 Å². The third kappa shape index (κ3) is 2.79. The van der Waals surface area contributed by atoms with Crippen LogP contribution in [0.1, 0.15) is 30.1 Å². The van der Waals surface area contributed by atoms with Crippen LogP contribution in [0.2, 0.25) is 0 Å². The Hall–Kier alpha value is -1.62. The maximum atomic E-state index is 12.2. The molecule has 1 amide bonds. The van der Waals surface area contributed by atoms with Crippen LogP contribution in [0.15, 0.2) is 23.1 Å². The van der Waals surface area contributed by atoms with E-state index in [2.05, 4.69) is 4.98 Å². The topological polar surface area (TPSA) is 79.2 Å². The van der Waals surface area contributed by atoms with Crippen molar-refractivity contribution in [1.29, 1.82) is 0 Å². The van der Waals surface area contributed by atoms with Crippen LogP contribution in [0.4, 0.5) is 0 Å². The van der Waals surface area contributed by atoms with Crippen molar-refractivity contribution in [1.82, 2.24) is 9.88 Å². The summed E-state index contributed by atoms with van der Waals surface area (Å²) in [6.07, 6.45) is 3.54. The molecular formula is C13H19N3O2. The van der Waals surface area contributed by atoms with Crippen LogP contribution in [0.25, 0.3) is 0 Å². The van der Waals surface area contributed by atoms with Gasteiger partial charge in [-0.2, -0.15) is 0 Å². The Morgan fingerprint density at radius 2 is 2.33 bits per heavy atom. The Morgan fingerprint density at radius 3 is 2.94 bits per heavy atom. The summed E-state index contributed by atoms with van der Waals surface area (Å²) in [6.45, 7) is 3.45. The number of nitrogens with one attached hydrogen (secondary N) is 1. The number of hydrogen-bond donors (Lipinski definition) is 2. The number of nitrogens with zero attached hydrogens (tertiary/aromatic N) is 1. The number of nitrogens with two attached hydrogens (primary N) is 1. The number of aromatic amines is 1. The van der Waals surface area contributed by atoms with E-state index in [-0.39, 0.29) is 17.5 Å². The first-order chi connectivity index (χ1) is 8.58. The summed E-state index contributed by atoms with van der Waals surface area (Å²) >= 11 is 0. The molecule has 2 unspecified atom stereocenters. The molecule has 1 aromatic rings. The lowest BCUT2D eigenvalue weighted by atomic mass is 9.92. The molecule has 3 N–H and O–H groups in total. The summed E-state index contributed by atoms with van der Waals surface area (Å²) in [6, 6.07) is 3.05. The fraction of sp³-hybridized carbons (Fsp3) is 0.538. The van der Waals surface area contributed by atoms with Gasteiger partial charge in [0.2, 0.25) is 5.56 Å². The smallest absolute Gasteiger partial charge is 0.255 e. The summed E-state index contributed by atoms with van der Waals surface area (Å²) in [5.41, 5.74) is 6.23. The second kappa shape index (κ2) is 5.35. The van der Waals surface area contributed by atoms with Gasteiger partial charge in [0.15, 0.2) is 0 Å². The van der Waals surface area contributed by atoms with Gasteiger partial charge in [0.25, 0.3) is 5.91 Å². The van der Waals surface area contributed by atoms with E-state index in [1.807, 2.05) is 11.8 Å². The minimum atomic E-state index is -0.196. The summed E-state index contributed by atoms with van der Waals surface area (Å²) in [4.78, 5) is 27.6. The molecule has 5 nitrogen and oxygen atoms in total. The van der Waals surface area contributed by atoms with Crippen LogP contribution in [0, 0.1) is 5.92 Å². The molecule has 1 saturated heterocycles. The van der Waals surface area contributed by atoms with Gasteiger partial charge in [0.05, 0.1) is 5.56 Å². The van der Waals surface area contributed by atoms with Crippen LogP contribution in [0.5, 0.6) is 0 Å². The first-order valence-electron chi connectivity index (χ1n) is 6.31. The molecule has 0 aliphatic carbocycles. The van der Waals surface area contributed by atoms with E-state index in [0.29, 0.717) is 18.0 Å². The molecule has 1 aliphatic heterocycles. The lowest BCUT2D eigenvalue weighted by Gasteiger charge is -2.34. The molecule has 1 fully saturated rings. The maximum absolute atomic E-state index is 12.2. The van der Waals surface area contributed by atoms with E-state index in [1.54, 1.807) is 6.07 Å². The predicted molar refractivity (Wildman–Crippen MR) is 69.3 cm³/mol. The number of hydrogen-bond acceptors (Lipinski definition) is 3. The fourth-order valence-corrected chi connectivity index (χ4v) is 2.35. The quantitative estimate of drug-likeness (QED) is 0.804. The molecule has 2 rings (SSSR count). The van der Waals surface area contributed by atoms with Crippen molar-refractivity contribution >= 4 is 5.91 Å². The van der Waals surface area contributed by atoms with Gasteiger partial charge in [-0.15, -0.1) is 0 Å². The molecule has 0 bridgehead atoms. The van der Waals surface area contributed by atoms with Crippen LogP contribution in [0.3, 0.4) is 0 Å². The number of pyridine rings is 1. The van der Waals surface area contributed by atoms with Crippen molar-refractivity contribution in [3.63, 3.8) is 0 Å². The van der Waals surface area contributed by atoms with Crippen molar-refractivity contribution < 1.29 is 4.79 Å². The number of aromatic nitrogens is 1. The van der Waals surface area contributed by atoms with E-state index < -0.39 is 0 Å². The van der Waals surface area contributed by atoms with Crippen molar-refractivity contribution in [2.75, 3.05) is 13.1 Å². The summed E-state index contributed by atoms with van der Waals surface area (Å²) in [5.74, 6) is 0.335. The SMILES string of the molecule is CC(N)C1CCCN(C(=O)c2ccc(=O)[nH]c2)C1. The van der Waals surface area contributed by atoms with Gasteiger partial charge in [0, 0.05) is 31.4 Å². The van der Waals surface area contributed by atoms with Gasteiger partial charge < -0.3 is 15.6 Å². The number of piperidine rings is 1. The Bertz CT molecular complexity index is 461. The fourth-order valence-electron chi connectivity index (χ4n) is 2.35. The first kappa shape index (κ1) is 12.8. The van der Waals surface area contributed by atoms with E-state index in [1.165, 1.54) is 12.3 Å². The largest absolute Gasteiger partial charge is 0.338 e. The van der Waals surface area contributed by atoms with Crippen LogP contribution in [-0.4, -0.2) is 34.9 Å². The zero-order chi connectivity index (χ0) is 13.1. The minimum absolute atomic E-state index is 0.0309. The standard InChI is InChI=1S/C13H19N3O2/c1-9(14)11-3-2-6-16(8-11)13(18)10-4-5-12(17)15-7-10/h4-5,7,9,11H,2-3,6,8,14H2,1H3,(H,15,17). The predicted octanol–water partition coefficient (Wildman–Crippen LogP) is 0.574. The summed E-state index contributed by atoms with van der Waals surface area (Å²) in [7, 11) is 0. The molecule has 0 spiro atoms. The summed E-state index contributed by atoms with van der Waals surface area (Å²) < 4.78 is 0. The Balaban J connectivity index is 2.09. The van der Waals surface area contributed by atoms with Gasteiger partial charge in [0.1, 0.15) is 0 Å². The van der Waals surface area contributed by atoms with Crippen LogP contribution in [-0.2, 0) is 0 Å². The average Bonchev–Trinajstić information content (AvgIpc) is 2.39. The van der Waals surface area contributed by atoms with Gasteiger partial charge in [-0.1, -0.05) is 0 Å². The second-order valence-electron chi connectivity index (χ2n) is 4.95. The first-order valence-corrected chi connectivity index (χ1v) is 6.31. The second-order valence-corrected chi connectivity index (χ2v) is 4.95. The zero-order valence-corrected chi connectivity index (χ0v) is 10.6. The average molecular weight is 249 g/mol. The van der Waals surface area contributed by atoms with E-state index >= 15 is 0 Å². The van der Waals surface area contributed by atoms with Crippen LogP contribution >= 0.6 is 0 Å². The molecule has 5 heteroatoms. The van der Waals surface area contributed by atoms with Crippen molar-refractivity contribution in [2.24, 2.45) is 11.7 Å². The third-order valence-electron chi connectivity index (χ3n) is 3.52. The normalized spacial score (nSPS) is 21.7. The highest BCUT2D eigenvalue weighted by molar-refractivity contribution is 5.93. The Kier molecular flexibility index (Phi) is 3.81. The monoisotopic (exact) mass is 249 g/mol. The highest BCUT2D eigenvalue weighted by Crippen LogP contribution is 2.20. The highest BCUT2D eigenvalue weighted by atomic mass is 16.2. The number of carbonyl (C=O) groups excluding carboxylic acids is 1. The van der Waals surface area contributed by atoms with E-state index in [0.717, 1.165) is 19.4 Å². The molecule has 0 radical (unpaired) electrons. The minimum Gasteiger partial charge on any atom is -0.338 e. The van der Waals surface area contributed by atoms with Gasteiger partial charge >= 0.3 is 0 Å². The van der Waals surface area contributed by atoms with Gasteiger partial charge in [-0.25, -0.2) is 0 Å². The highest BCUT2D eigenvalue weighted by Gasteiger charge is 2.26. The molecule has 2 heterocycles. The van der Waals surface area contributed by atoms with Crippen molar-refractivity contribution in [2.45, 2.75) is 25.8 Å². The maximum Gasteiger partial charge on any atom is 0.255 e. The molecule has 18 heavy (non-hydrogen) atoms. The lowest BCUT2D eigenvalue weighted by Crippen LogP contribution is -2.45. The number of carbonyl (C=O) groups is 1. The zero-order valence-electron chi connectivity index (χ0n) is 10.6. The summed E-state index contributed by atoms with van der Waals surface area (Å²) in [5, 5.41) is 0. The van der Waals surface area contributed by atoms with Gasteiger partial charge in [-0.3, -0.25) is 9.59 Å². The molecule has 98 valence electrons. The number of H-pyrrole nitrogens is 1. The third-order valence-corrected chi connectivity index (χ3v) is 3.52. The van der Waals surface area contributed by atoms with Crippen molar-refractivity contribution in [3.05, 3.63) is 34.2 Å². The molecule has 0 aromatic carbocycles. The molecule has 1 aliphatic rings. The number of amides is 1. The number of likely N-dealkylation sites (tertiary alicyclic amines) is 1. The van der Waals surface area contributed by atoms with E-state index in [4.69, 9.17) is 5.73 Å². The molecule has 2 atom stereocenters.